The van der Waals surface area contributed by atoms with Gasteiger partial charge in [-0.2, -0.15) is 0 Å². The Morgan fingerprint density at radius 2 is 1.81 bits per heavy atom. The first-order valence-corrected chi connectivity index (χ1v) is 8.05. The van der Waals surface area contributed by atoms with Crippen molar-refractivity contribution >= 4 is 46.2 Å². The van der Waals surface area contributed by atoms with Gasteiger partial charge in [0.05, 0.1) is 19.1 Å². The molecule has 0 aliphatic rings. The molecule has 27 heavy (non-hydrogen) atoms. The van der Waals surface area contributed by atoms with E-state index in [9.17, 15) is 20.0 Å². The number of thiocarbonyl (C=S) groups is 1. The third kappa shape index (κ3) is 4.54. The van der Waals surface area contributed by atoms with Crippen molar-refractivity contribution in [3.8, 4) is 17.2 Å². The fourth-order valence-electron chi connectivity index (χ4n) is 2.17. The summed E-state index contributed by atoms with van der Waals surface area (Å²) < 4.78 is 10.3. The van der Waals surface area contributed by atoms with Crippen molar-refractivity contribution in [2.24, 2.45) is 0 Å². The quantitative estimate of drug-likeness (QED) is 0.437. The van der Waals surface area contributed by atoms with Crippen LogP contribution < -0.4 is 25.2 Å². The van der Waals surface area contributed by atoms with E-state index in [-0.39, 0.29) is 32.9 Å². The molecule has 0 unspecified atom stereocenters. The van der Waals surface area contributed by atoms with Crippen molar-refractivity contribution in [1.82, 2.24) is 5.32 Å². The largest absolute Gasteiger partial charge is 0.870 e. The van der Waals surface area contributed by atoms with E-state index >= 15 is 0 Å². The zero-order valence-electron chi connectivity index (χ0n) is 14.1. The standard InChI is InChI=1S/C16H14ClN3O6S/c1-25-11-4-3-5-12(26-2)13(11)15(22)19-16(27)18-10-7-8(20(23)24)6-9(17)14(10)21/h3-7,21H,1-2H3,(H2,18,19,22,27)/p-1. The molecule has 0 aromatic heterocycles. The number of hydrogen-bond donors (Lipinski definition) is 2. The number of carbonyl (C=O) groups excluding carboxylic acids is 1. The molecule has 2 N–H and O–H groups in total. The Labute approximate surface area is 164 Å². The monoisotopic (exact) mass is 410 g/mol. The molecule has 11 heteroatoms. The molecule has 0 aliphatic carbocycles. The molecular weight excluding hydrogens is 398 g/mol. The Balaban J connectivity index is 2.25. The lowest BCUT2D eigenvalue weighted by Gasteiger charge is -2.18. The van der Waals surface area contributed by atoms with Gasteiger partial charge in [0, 0.05) is 22.8 Å². The Hall–Kier alpha value is -3.11. The second-order valence-electron chi connectivity index (χ2n) is 5.01. The molecule has 0 radical (unpaired) electrons. The predicted molar refractivity (Wildman–Crippen MR) is 101 cm³/mol. The van der Waals surface area contributed by atoms with Crippen LogP contribution >= 0.6 is 23.8 Å². The van der Waals surface area contributed by atoms with Crippen LogP contribution in [-0.4, -0.2) is 30.2 Å². The maximum absolute atomic E-state index is 12.5. The Kier molecular flexibility index (Phi) is 6.37. The average Bonchev–Trinajstić information content (AvgIpc) is 2.63. The number of nitrogens with one attached hydrogen (secondary N) is 2. The van der Waals surface area contributed by atoms with Crippen LogP contribution in [0.4, 0.5) is 11.4 Å². The van der Waals surface area contributed by atoms with Crippen LogP contribution in [0.1, 0.15) is 10.4 Å². The molecule has 0 aliphatic heterocycles. The molecule has 0 bridgehead atoms. The van der Waals surface area contributed by atoms with Crippen LogP contribution in [0, 0.1) is 10.1 Å². The van der Waals surface area contributed by atoms with E-state index in [1.165, 1.54) is 14.2 Å². The molecule has 9 nitrogen and oxygen atoms in total. The number of carbonyl (C=O) groups is 1. The van der Waals surface area contributed by atoms with E-state index in [0.717, 1.165) is 12.1 Å². The first-order valence-electron chi connectivity index (χ1n) is 7.26. The summed E-state index contributed by atoms with van der Waals surface area (Å²) in [6.07, 6.45) is 0. The molecule has 0 saturated heterocycles. The number of rotatable bonds is 5. The van der Waals surface area contributed by atoms with Crippen LogP contribution in [0.25, 0.3) is 0 Å². The van der Waals surface area contributed by atoms with Crippen molar-refractivity contribution in [1.29, 1.82) is 0 Å². The van der Waals surface area contributed by atoms with Crippen LogP contribution in [0.2, 0.25) is 5.02 Å². The number of halogens is 1. The van der Waals surface area contributed by atoms with Crippen molar-refractivity contribution in [2.45, 2.75) is 0 Å². The van der Waals surface area contributed by atoms with Gasteiger partial charge in [-0.25, -0.2) is 0 Å². The number of nitro groups is 1. The van der Waals surface area contributed by atoms with Gasteiger partial charge < -0.3 is 19.9 Å². The van der Waals surface area contributed by atoms with E-state index in [4.69, 9.17) is 33.3 Å². The Morgan fingerprint density at radius 1 is 1.22 bits per heavy atom. The molecule has 142 valence electrons. The first-order chi connectivity index (χ1) is 12.8. The number of anilines is 1. The summed E-state index contributed by atoms with van der Waals surface area (Å²) in [6, 6.07) is 6.65. The van der Waals surface area contributed by atoms with Gasteiger partial charge in [0.25, 0.3) is 11.6 Å². The Bertz CT molecular complexity index is 899. The van der Waals surface area contributed by atoms with Crippen molar-refractivity contribution in [2.75, 3.05) is 19.5 Å². The van der Waals surface area contributed by atoms with E-state index < -0.39 is 22.3 Å². The molecule has 2 aromatic carbocycles. The van der Waals surface area contributed by atoms with Crippen LogP contribution in [0.3, 0.4) is 0 Å². The summed E-state index contributed by atoms with van der Waals surface area (Å²) >= 11 is 10.7. The number of nitrogens with zero attached hydrogens (tertiary/aromatic N) is 1. The maximum Gasteiger partial charge on any atom is 0.272 e. The highest BCUT2D eigenvalue weighted by Gasteiger charge is 2.19. The van der Waals surface area contributed by atoms with E-state index in [0.29, 0.717) is 0 Å². The fraction of sp³-hybridized carbons (Fsp3) is 0.125. The molecule has 0 saturated carbocycles. The number of ether oxygens (including phenoxy) is 2. The van der Waals surface area contributed by atoms with Crippen molar-refractivity contribution in [3.63, 3.8) is 0 Å². The molecule has 0 atom stereocenters. The van der Waals surface area contributed by atoms with Gasteiger partial charge in [-0.05, 0) is 24.4 Å². The summed E-state index contributed by atoms with van der Waals surface area (Å²) in [4.78, 5) is 22.7. The summed E-state index contributed by atoms with van der Waals surface area (Å²) in [5.41, 5.74) is -0.555. The van der Waals surface area contributed by atoms with Gasteiger partial charge in [-0.1, -0.05) is 23.4 Å². The zero-order valence-corrected chi connectivity index (χ0v) is 15.6. The summed E-state index contributed by atoms with van der Waals surface area (Å²) in [6.45, 7) is 0. The number of amides is 1. The van der Waals surface area contributed by atoms with Gasteiger partial charge in [0.2, 0.25) is 0 Å². The Morgan fingerprint density at radius 3 is 2.33 bits per heavy atom. The normalized spacial score (nSPS) is 10.0. The summed E-state index contributed by atoms with van der Waals surface area (Å²) in [5.74, 6) is -0.866. The molecule has 1 amide bonds. The predicted octanol–water partition coefficient (Wildman–Crippen LogP) is 2.47. The van der Waals surface area contributed by atoms with Gasteiger partial charge in [-0.3, -0.25) is 20.2 Å². The SMILES string of the molecule is COc1cccc(OC)c1C(=O)NC(=S)Nc1cc([N+](=O)[O-])cc(Cl)c1[O-]. The third-order valence-electron chi connectivity index (χ3n) is 3.37. The average molecular weight is 411 g/mol. The van der Waals surface area contributed by atoms with Gasteiger partial charge in [0.1, 0.15) is 17.1 Å². The number of nitro benzene ring substituents is 1. The highest BCUT2D eigenvalue weighted by atomic mass is 35.5. The molecule has 2 rings (SSSR count). The van der Waals surface area contributed by atoms with Gasteiger partial charge in [0.15, 0.2) is 5.11 Å². The molecule has 0 heterocycles. The van der Waals surface area contributed by atoms with Crippen LogP contribution in [0.5, 0.6) is 17.2 Å². The minimum absolute atomic E-state index is 0.0890. The topological polar surface area (TPSA) is 126 Å². The van der Waals surface area contributed by atoms with E-state index in [2.05, 4.69) is 10.6 Å². The highest BCUT2D eigenvalue weighted by Crippen LogP contribution is 2.34. The fourth-order valence-corrected chi connectivity index (χ4v) is 2.59. The molecule has 0 spiro atoms. The lowest BCUT2D eigenvalue weighted by molar-refractivity contribution is -0.385. The molecular formula is C16H13ClN3O6S-. The number of methoxy groups -OCH3 is 2. The van der Waals surface area contributed by atoms with Gasteiger partial charge >= 0.3 is 0 Å². The van der Waals surface area contributed by atoms with Crippen LogP contribution in [0.15, 0.2) is 30.3 Å². The van der Waals surface area contributed by atoms with Crippen molar-refractivity contribution < 1.29 is 24.3 Å². The van der Waals surface area contributed by atoms with E-state index in [1.807, 2.05) is 0 Å². The molecule has 2 aromatic rings. The summed E-state index contributed by atoms with van der Waals surface area (Å²) in [5, 5.41) is 27.1. The van der Waals surface area contributed by atoms with E-state index in [1.54, 1.807) is 18.2 Å². The van der Waals surface area contributed by atoms with Gasteiger partial charge in [-0.15, -0.1) is 0 Å². The lowest BCUT2D eigenvalue weighted by Crippen LogP contribution is -2.34. The second kappa shape index (κ2) is 8.52. The minimum Gasteiger partial charge on any atom is -0.870 e. The number of benzene rings is 2. The number of hydrogen-bond acceptors (Lipinski definition) is 7. The molecule has 0 fully saturated rings. The highest BCUT2D eigenvalue weighted by molar-refractivity contribution is 7.80. The number of non-ortho nitro benzene ring substituents is 1. The maximum atomic E-state index is 12.5. The lowest BCUT2D eigenvalue weighted by atomic mass is 10.1. The second-order valence-corrected chi connectivity index (χ2v) is 5.82. The summed E-state index contributed by atoms with van der Waals surface area (Å²) in [7, 11) is 2.77. The smallest absolute Gasteiger partial charge is 0.272 e. The minimum atomic E-state index is -0.710. The first kappa shape index (κ1) is 20.2. The zero-order chi connectivity index (χ0) is 20.1. The van der Waals surface area contributed by atoms with Crippen LogP contribution in [-0.2, 0) is 0 Å². The van der Waals surface area contributed by atoms with Crippen molar-refractivity contribution in [3.05, 3.63) is 51.0 Å². The third-order valence-corrected chi connectivity index (χ3v) is 3.85.